The van der Waals surface area contributed by atoms with Crippen molar-refractivity contribution in [2.75, 3.05) is 6.54 Å². The zero-order valence-corrected chi connectivity index (χ0v) is 14.3. The third-order valence-corrected chi connectivity index (χ3v) is 5.09. The average Bonchev–Trinajstić information content (AvgIpc) is 3.08. The van der Waals surface area contributed by atoms with Crippen molar-refractivity contribution in [2.45, 2.75) is 25.5 Å². The fourth-order valence-corrected chi connectivity index (χ4v) is 3.46. The highest BCUT2D eigenvalue weighted by molar-refractivity contribution is 5.84. The Morgan fingerprint density at radius 2 is 2.08 bits per heavy atom. The van der Waals surface area contributed by atoms with Gasteiger partial charge in [-0.1, -0.05) is 18.2 Å². The second kappa shape index (κ2) is 6.51. The monoisotopic (exact) mass is 351 g/mol. The number of hydrogen-bond acceptors (Lipinski definition) is 5. The lowest BCUT2D eigenvalue weighted by Crippen LogP contribution is -2.55. The fraction of sp³-hybridized carbons (Fsp3) is 0.316. The summed E-state index contributed by atoms with van der Waals surface area (Å²) >= 11 is 0. The first-order valence-electron chi connectivity index (χ1n) is 8.65. The molecule has 0 saturated heterocycles. The minimum atomic E-state index is -0.623. The minimum Gasteiger partial charge on any atom is -0.393 e. The molecule has 1 saturated carbocycles. The van der Waals surface area contributed by atoms with Crippen LogP contribution >= 0.6 is 0 Å². The summed E-state index contributed by atoms with van der Waals surface area (Å²) in [5.41, 5.74) is 7.92. The van der Waals surface area contributed by atoms with Crippen molar-refractivity contribution in [3.63, 3.8) is 0 Å². The second-order valence-electron chi connectivity index (χ2n) is 6.86. The van der Waals surface area contributed by atoms with E-state index < -0.39 is 11.5 Å². The van der Waals surface area contributed by atoms with Gasteiger partial charge in [0.05, 0.1) is 22.6 Å². The van der Waals surface area contributed by atoms with Gasteiger partial charge in [0, 0.05) is 19.3 Å². The van der Waals surface area contributed by atoms with E-state index in [-0.39, 0.29) is 12.5 Å². The zero-order valence-electron chi connectivity index (χ0n) is 14.3. The molecule has 4 N–H and O–H groups in total. The van der Waals surface area contributed by atoms with E-state index in [4.69, 9.17) is 5.73 Å². The molecule has 0 unspecified atom stereocenters. The third kappa shape index (κ3) is 2.85. The van der Waals surface area contributed by atoms with Gasteiger partial charge >= 0.3 is 0 Å². The maximum atomic E-state index is 12.4. The molecular formula is C19H21N5O2. The van der Waals surface area contributed by atoms with Crippen LogP contribution < -0.4 is 11.1 Å². The van der Waals surface area contributed by atoms with E-state index in [9.17, 15) is 9.90 Å². The summed E-state index contributed by atoms with van der Waals surface area (Å²) in [6, 6.07) is 11.7. The first-order valence-corrected chi connectivity index (χ1v) is 8.65. The second-order valence-corrected chi connectivity index (χ2v) is 6.86. The lowest BCUT2D eigenvalue weighted by molar-refractivity contribution is -0.143. The van der Waals surface area contributed by atoms with Crippen LogP contribution in [0.1, 0.15) is 18.4 Å². The number of benzene rings is 1. The summed E-state index contributed by atoms with van der Waals surface area (Å²) in [4.78, 5) is 21.2. The molecule has 7 nitrogen and oxygen atoms in total. The van der Waals surface area contributed by atoms with E-state index in [2.05, 4.69) is 15.3 Å². The van der Waals surface area contributed by atoms with Gasteiger partial charge in [-0.05, 0) is 36.6 Å². The van der Waals surface area contributed by atoms with Gasteiger partial charge in [-0.15, -0.1) is 0 Å². The van der Waals surface area contributed by atoms with Gasteiger partial charge in [0.25, 0.3) is 0 Å². The summed E-state index contributed by atoms with van der Waals surface area (Å²) in [5, 5.41) is 12.4. The number of nitrogens with zero attached hydrogens (tertiary/aromatic N) is 3. The zero-order chi connectivity index (χ0) is 18.1. The van der Waals surface area contributed by atoms with Crippen molar-refractivity contribution in [1.82, 2.24) is 19.9 Å². The van der Waals surface area contributed by atoms with Crippen LogP contribution in [0.2, 0.25) is 0 Å². The SMILES string of the molecule is NCC1(C(=O)NCc2ccc(-n3cnc4ccccc43)nc2)CC(O)C1. The van der Waals surface area contributed by atoms with Gasteiger partial charge in [0.1, 0.15) is 12.1 Å². The topological polar surface area (TPSA) is 106 Å². The number of aliphatic hydroxyl groups excluding tert-OH is 1. The van der Waals surface area contributed by atoms with Crippen molar-refractivity contribution >= 4 is 16.9 Å². The number of aromatic nitrogens is 3. The van der Waals surface area contributed by atoms with Gasteiger partial charge in [-0.3, -0.25) is 9.36 Å². The van der Waals surface area contributed by atoms with Gasteiger partial charge in [-0.25, -0.2) is 9.97 Å². The van der Waals surface area contributed by atoms with Gasteiger partial charge in [-0.2, -0.15) is 0 Å². The van der Waals surface area contributed by atoms with Crippen molar-refractivity contribution < 1.29 is 9.90 Å². The highest BCUT2D eigenvalue weighted by Crippen LogP contribution is 2.40. The van der Waals surface area contributed by atoms with Crippen LogP contribution in [0.3, 0.4) is 0 Å². The number of aliphatic hydroxyl groups is 1. The van der Waals surface area contributed by atoms with E-state index in [0.29, 0.717) is 19.4 Å². The number of amides is 1. The first kappa shape index (κ1) is 16.7. The first-order chi connectivity index (χ1) is 12.6. The number of nitrogens with two attached hydrogens (primary N) is 1. The van der Waals surface area contributed by atoms with E-state index in [1.54, 1.807) is 12.5 Å². The molecule has 0 radical (unpaired) electrons. The number of nitrogens with one attached hydrogen (secondary N) is 1. The summed E-state index contributed by atoms with van der Waals surface area (Å²) in [7, 11) is 0. The lowest BCUT2D eigenvalue weighted by Gasteiger charge is -2.42. The molecule has 26 heavy (non-hydrogen) atoms. The molecule has 3 aromatic rings. The predicted octanol–water partition coefficient (Wildman–Crippen LogP) is 1.14. The van der Waals surface area contributed by atoms with Crippen LogP contribution in [-0.2, 0) is 11.3 Å². The molecule has 1 aliphatic rings. The van der Waals surface area contributed by atoms with Crippen LogP contribution in [0.15, 0.2) is 48.9 Å². The molecule has 2 heterocycles. The Labute approximate surface area is 150 Å². The Morgan fingerprint density at radius 3 is 2.77 bits per heavy atom. The van der Waals surface area contributed by atoms with Crippen LogP contribution in [0.25, 0.3) is 16.9 Å². The van der Waals surface area contributed by atoms with Gasteiger partial charge in [0.15, 0.2) is 0 Å². The maximum Gasteiger partial charge on any atom is 0.227 e. The van der Waals surface area contributed by atoms with Crippen molar-refractivity contribution in [2.24, 2.45) is 11.1 Å². The number of fused-ring (bicyclic) bond motifs is 1. The minimum absolute atomic E-state index is 0.102. The normalized spacial score (nSPS) is 22.2. The molecule has 1 aromatic carbocycles. The summed E-state index contributed by atoms with van der Waals surface area (Å²) in [5.74, 6) is 0.671. The van der Waals surface area contributed by atoms with Crippen molar-refractivity contribution in [3.8, 4) is 5.82 Å². The Balaban J connectivity index is 1.44. The van der Waals surface area contributed by atoms with E-state index >= 15 is 0 Å². The maximum absolute atomic E-state index is 12.4. The molecule has 0 atom stereocenters. The van der Waals surface area contributed by atoms with Crippen LogP contribution in [0.5, 0.6) is 0 Å². The molecule has 1 aliphatic carbocycles. The third-order valence-electron chi connectivity index (χ3n) is 5.09. The van der Waals surface area contributed by atoms with Gasteiger partial charge < -0.3 is 16.2 Å². The quantitative estimate of drug-likeness (QED) is 0.639. The van der Waals surface area contributed by atoms with E-state index in [1.807, 2.05) is 41.0 Å². The van der Waals surface area contributed by atoms with E-state index in [0.717, 1.165) is 22.4 Å². The molecule has 1 fully saturated rings. The van der Waals surface area contributed by atoms with Crippen LogP contribution in [0.4, 0.5) is 0 Å². The van der Waals surface area contributed by atoms with Crippen LogP contribution in [0, 0.1) is 5.41 Å². The average molecular weight is 351 g/mol. The Hall–Kier alpha value is -2.77. The number of pyridine rings is 1. The Morgan fingerprint density at radius 1 is 1.27 bits per heavy atom. The largest absolute Gasteiger partial charge is 0.393 e. The smallest absolute Gasteiger partial charge is 0.227 e. The number of imidazole rings is 1. The van der Waals surface area contributed by atoms with Crippen molar-refractivity contribution in [3.05, 3.63) is 54.5 Å². The summed E-state index contributed by atoms with van der Waals surface area (Å²) in [6.45, 7) is 0.634. The van der Waals surface area contributed by atoms with E-state index in [1.165, 1.54) is 0 Å². The molecular weight excluding hydrogens is 330 g/mol. The molecule has 1 amide bonds. The standard InChI is InChI=1S/C19H21N5O2/c20-11-19(7-14(25)8-19)18(26)22-10-13-5-6-17(21-9-13)24-12-23-15-3-1-2-4-16(15)24/h1-6,9,12,14,25H,7-8,10-11,20H2,(H,22,26). The predicted molar refractivity (Wildman–Crippen MR) is 97.4 cm³/mol. The molecule has 2 aromatic heterocycles. The van der Waals surface area contributed by atoms with Crippen molar-refractivity contribution in [1.29, 1.82) is 0 Å². The molecule has 0 bridgehead atoms. The number of hydrogen-bond donors (Lipinski definition) is 3. The summed E-state index contributed by atoms with van der Waals surface area (Å²) < 4.78 is 1.93. The number of rotatable bonds is 5. The molecule has 0 spiro atoms. The summed E-state index contributed by atoms with van der Waals surface area (Å²) in [6.07, 6.45) is 3.94. The lowest BCUT2D eigenvalue weighted by atomic mass is 9.66. The Kier molecular flexibility index (Phi) is 4.18. The Bertz CT molecular complexity index is 929. The fourth-order valence-electron chi connectivity index (χ4n) is 3.46. The number of carbonyl (C=O) groups excluding carboxylic acids is 1. The number of para-hydroxylation sites is 2. The molecule has 134 valence electrons. The molecule has 0 aliphatic heterocycles. The number of carbonyl (C=O) groups is 1. The molecule has 4 rings (SSSR count). The highest BCUT2D eigenvalue weighted by atomic mass is 16.3. The van der Waals surface area contributed by atoms with Crippen LogP contribution in [-0.4, -0.2) is 38.2 Å². The van der Waals surface area contributed by atoms with Gasteiger partial charge in [0.2, 0.25) is 5.91 Å². The molecule has 7 heteroatoms. The highest BCUT2D eigenvalue weighted by Gasteiger charge is 2.48.